The molecular weight excluding hydrogens is 504 g/mol. The lowest BCUT2D eigenvalue weighted by Gasteiger charge is -2.19. The first kappa shape index (κ1) is 24.2. The van der Waals surface area contributed by atoms with Crippen molar-refractivity contribution in [1.82, 2.24) is 15.2 Å². The van der Waals surface area contributed by atoms with Gasteiger partial charge in [0.05, 0.1) is 31.5 Å². The van der Waals surface area contributed by atoms with Crippen molar-refractivity contribution in [2.24, 2.45) is 0 Å². The minimum Gasteiger partial charge on any atom is -0.306 e. The molecule has 0 spiro atoms. The molecular formula is C20H25BrN3O5P2+. The van der Waals surface area contributed by atoms with Crippen molar-refractivity contribution < 1.29 is 22.7 Å². The van der Waals surface area contributed by atoms with Crippen LogP contribution in [-0.2, 0) is 29.1 Å². The summed E-state index contributed by atoms with van der Waals surface area (Å²) in [5.74, 6) is 0. The van der Waals surface area contributed by atoms with Crippen LogP contribution in [0.15, 0.2) is 41.3 Å². The largest absolute Gasteiger partial charge is 0.524 e. The number of aromatic amines is 1. The maximum absolute atomic E-state index is 13.5. The van der Waals surface area contributed by atoms with Crippen molar-refractivity contribution in [2.45, 2.75) is 32.6 Å². The number of nitrogens with zero attached hydrogens (tertiary/aromatic N) is 2. The fraction of sp³-hybridized carbons (Fsp3) is 0.400. The van der Waals surface area contributed by atoms with Crippen LogP contribution in [-0.4, -0.2) is 40.4 Å². The van der Waals surface area contributed by atoms with E-state index in [0.717, 1.165) is 27.6 Å². The Morgan fingerprint density at radius 3 is 2.52 bits per heavy atom. The minimum absolute atomic E-state index is 0.155. The van der Waals surface area contributed by atoms with Crippen molar-refractivity contribution in [3.63, 3.8) is 0 Å². The van der Waals surface area contributed by atoms with Gasteiger partial charge in [0.1, 0.15) is 4.60 Å². The van der Waals surface area contributed by atoms with Crippen LogP contribution in [0.2, 0.25) is 0 Å². The van der Waals surface area contributed by atoms with Gasteiger partial charge in [-0.25, -0.2) is 4.98 Å². The smallest absolute Gasteiger partial charge is 0.306 e. The van der Waals surface area contributed by atoms with E-state index in [-0.39, 0.29) is 26.2 Å². The molecule has 1 N–H and O–H groups in total. The summed E-state index contributed by atoms with van der Waals surface area (Å²) in [6.45, 7) is 5.76. The van der Waals surface area contributed by atoms with E-state index in [9.17, 15) is 9.13 Å². The van der Waals surface area contributed by atoms with E-state index in [1.165, 1.54) is 0 Å². The summed E-state index contributed by atoms with van der Waals surface area (Å²) in [6.07, 6.45) is 3.66. The zero-order chi connectivity index (χ0) is 22.4. The van der Waals surface area contributed by atoms with Gasteiger partial charge in [-0.3, -0.25) is 9.66 Å². The third-order valence-electron chi connectivity index (χ3n) is 4.57. The average Bonchev–Trinajstić information content (AvgIpc) is 3.21. The molecule has 0 radical (unpaired) electrons. The van der Waals surface area contributed by atoms with Crippen LogP contribution in [0.3, 0.4) is 0 Å². The summed E-state index contributed by atoms with van der Waals surface area (Å²) in [5, 5.41) is 7.01. The zero-order valence-corrected chi connectivity index (χ0v) is 21.0. The summed E-state index contributed by atoms with van der Waals surface area (Å²) >= 11 is 3.46. The Morgan fingerprint density at radius 2 is 1.84 bits per heavy atom. The van der Waals surface area contributed by atoms with Crippen molar-refractivity contribution in [3.05, 3.63) is 46.8 Å². The second kappa shape index (κ2) is 10.9. The predicted octanol–water partition coefficient (Wildman–Crippen LogP) is 6.30. The molecule has 0 bridgehead atoms. The molecule has 2 heterocycles. The van der Waals surface area contributed by atoms with Crippen LogP contribution < -0.4 is 0 Å². The highest BCUT2D eigenvalue weighted by molar-refractivity contribution is 9.10. The number of aromatic nitrogens is 3. The number of fused-ring (bicyclic) bond motifs is 1. The van der Waals surface area contributed by atoms with E-state index in [2.05, 4.69) is 31.1 Å². The molecule has 8 nitrogen and oxygen atoms in total. The quantitative estimate of drug-likeness (QED) is 0.230. The lowest BCUT2D eigenvalue weighted by molar-refractivity contribution is 0.215. The van der Waals surface area contributed by atoms with E-state index in [1.807, 2.05) is 24.3 Å². The van der Waals surface area contributed by atoms with Crippen LogP contribution in [0.25, 0.3) is 22.0 Å². The maximum atomic E-state index is 13.5. The monoisotopic (exact) mass is 528 g/mol. The lowest BCUT2D eigenvalue weighted by Crippen LogP contribution is -2.14. The first-order chi connectivity index (χ1) is 14.9. The van der Waals surface area contributed by atoms with Crippen LogP contribution in [0.1, 0.15) is 26.3 Å². The summed E-state index contributed by atoms with van der Waals surface area (Å²) < 4.78 is 43.2. The van der Waals surface area contributed by atoms with Gasteiger partial charge in [0.2, 0.25) is 0 Å². The number of halogens is 1. The van der Waals surface area contributed by atoms with Crippen molar-refractivity contribution >= 4 is 42.5 Å². The molecule has 0 aliphatic carbocycles. The molecule has 0 saturated heterocycles. The van der Waals surface area contributed by atoms with Gasteiger partial charge >= 0.3 is 15.6 Å². The topological polar surface area (TPSA) is 103 Å². The average molecular weight is 529 g/mol. The van der Waals surface area contributed by atoms with Crippen LogP contribution >= 0.6 is 31.6 Å². The molecule has 0 fully saturated rings. The fourth-order valence-electron chi connectivity index (χ4n) is 3.20. The van der Waals surface area contributed by atoms with Gasteiger partial charge in [0.15, 0.2) is 0 Å². The number of hydrogen-bond acceptors (Lipinski definition) is 7. The zero-order valence-electron chi connectivity index (χ0n) is 17.6. The summed E-state index contributed by atoms with van der Waals surface area (Å²) in [5.41, 5.74) is 3.50. The molecule has 3 rings (SSSR count). The number of rotatable bonds is 11. The van der Waals surface area contributed by atoms with Crippen LogP contribution in [0, 0.1) is 0 Å². The normalized spacial score (nSPS) is 13.5. The molecule has 0 saturated carbocycles. The third-order valence-corrected chi connectivity index (χ3v) is 10.0. The lowest BCUT2D eigenvalue weighted by atomic mass is 10.0. The van der Waals surface area contributed by atoms with Crippen LogP contribution in [0.4, 0.5) is 0 Å². The standard InChI is InChI=1S/C20H25BrN3O5P2/c1-4-27-30(25)19(31(26,28-5-2)29-6-3)11-15-10-16(12-22-20(15)21)14-7-8-18-17(9-14)13-23-24-18/h7-10,12-13,19H,4-6,11H2,1-3H3,(H,23,24)/q+1. The highest BCUT2D eigenvalue weighted by atomic mass is 79.9. The number of nitrogens with one attached hydrogen (secondary N) is 1. The van der Waals surface area contributed by atoms with Gasteiger partial charge in [-0.2, -0.15) is 5.10 Å². The summed E-state index contributed by atoms with van der Waals surface area (Å²) in [4.78, 5) is 4.44. The van der Waals surface area contributed by atoms with Gasteiger partial charge in [0, 0.05) is 23.6 Å². The molecule has 1 aromatic carbocycles. The molecule has 2 atom stereocenters. The Bertz CT molecular complexity index is 1100. The highest BCUT2D eigenvalue weighted by Crippen LogP contribution is 2.62. The number of benzene rings is 1. The predicted molar refractivity (Wildman–Crippen MR) is 125 cm³/mol. The number of H-pyrrole nitrogens is 1. The maximum Gasteiger partial charge on any atom is 0.524 e. The molecule has 31 heavy (non-hydrogen) atoms. The highest BCUT2D eigenvalue weighted by Gasteiger charge is 2.51. The second-order valence-corrected chi connectivity index (χ2v) is 11.4. The molecule has 166 valence electrons. The third kappa shape index (κ3) is 5.67. The Labute approximate surface area is 190 Å². The molecule has 2 unspecified atom stereocenters. The Balaban J connectivity index is 1.99. The Morgan fingerprint density at radius 1 is 1.10 bits per heavy atom. The first-order valence-corrected chi connectivity index (χ1v) is 13.6. The van der Waals surface area contributed by atoms with E-state index >= 15 is 0 Å². The molecule has 3 aromatic rings. The molecule has 11 heteroatoms. The van der Waals surface area contributed by atoms with Crippen molar-refractivity contribution in [3.8, 4) is 11.1 Å². The van der Waals surface area contributed by atoms with Crippen LogP contribution in [0.5, 0.6) is 0 Å². The molecule has 2 aromatic heterocycles. The number of pyridine rings is 1. The Hall–Kier alpha value is -1.47. The molecule has 0 aliphatic heterocycles. The van der Waals surface area contributed by atoms with Crippen molar-refractivity contribution in [2.75, 3.05) is 19.8 Å². The van der Waals surface area contributed by atoms with Gasteiger partial charge < -0.3 is 9.05 Å². The van der Waals surface area contributed by atoms with Gasteiger partial charge in [-0.05, 0) is 70.6 Å². The van der Waals surface area contributed by atoms with Crippen molar-refractivity contribution in [1.29, 1.82) is 0 Å². The van der Waals surface area contributed by atoms with E-state index < -0.39 is 21.0 Å². The van der Waals surface area contributed by atoms with E-state index in [4.69, 9.17) is 13.6 Å². The molecule has 0 amide bonds. The SMILES string of the molecule is CCO[P+](=O)C(Cc1cc(-c2ccc3[nH]ncc3c2)cnc1Br)P(=O)(OCC)OCC. The number of hydrogen-bond donors (Lipinski definition) is 1. The van der Waals surface area contributed by atoms with E-state index in [0.29, 0.717) is 4.60 Å². The van der Waals surface area contributed by atoms with E-state index in [1.54, 1.807) is 33.2 Å². The summed E-state index contributed by atoms with van der Waals surface area (Å²) in [6, 6.07) is 7.87. The summed E-state index contributed by atoms with van der Waals surface area (Å²) in [7, 11) is -5.98. The molecule has 0 aliphatic rings. The second-order valence-electron chi connectivity index (χ2n) is 6.61. The Kier molecular flexibility index (Phi) is 8.50. The van der Waals surface area contributed by atoms with Gasteiger partial charge in [-0.15, -0.1) is 4.52 Å². The minimum atomic E-state index is -3.68. The first-order valence-electron chi connectivity index (χ1n) is 9.97. The van der Waals surface area contributed by atoms with Gasteiger partial charge in [-0.1, -0.05) is 6.07 Å². The van der Waals surface area contributed by atoms with Gasteiger partial charge in [0.25, 0.3) is 5.40 Å². The fourth-order valence-corrected chi connectivity index (χ4v) is 7.43.